The molecule has 1 N–H and O–H groups in total. The molecular formula is C9H15NO4. The highest BCUT2D eigenvalue weighted by Gasteiger charge is 2.47. The van der Waals surface area contributed by atoms with Gasteiger partial charge in [0.25, 0.3) is 0 Å². The van der Waals surface area contributed by atoms with E-state index in [1.165, 1.54) is 7.11 Å². The Balaban J connectivity index is 2.71. The van der Waals surface area contributed by atoms with Crippen molar-refractivity contribution in [2.24, 2.45) is 0 Å². The maximum Gasteiger partial charge on any atom is 0.407 e. The first kappa shape index (κ1) is 11.0. The summed E-state index contributed by atoms with van der Waals surface area (Å²) < 4.78 is 9.82. The molecular weight excluding hydrogens is 186 g/mol. The van der Waals surface area contributed by atoms with Crippen molar-refractivity contribution in [2.45, 2.75) is 38.5 Å². The highest BCUT2D eigenvalue weighted by molar-refractivity contribution is 5.95. The molecule has 1 aliphatic rings. The van der Waals surface area contributed by atoms with Gasteiger partial charge in [0.2, 0.25) is 0 Å². The normalized spacial score (nSPS) is 30.1. The summed E-state index contributed by atoms with van der Waals surface area (Å²) in [6.45, 7) is 5.11. The first-order chi connectivity index (χ1) is 6.38. The summed E-state index contributed by atoms with van der Waals surface area (Å²) in [5.41, 5.74) is -0.828. The zero-order chi connectivity index (χ0) is 10.9. The number of rotatable bonds is 1. The molecule has 0 spiro atoms. The first-order valence-corrected chi connectivity index (χ1v) is 4.45. The van der Waals surface area contributed by atoms with Gasteiger partial charge in [-0.05, 0) is 20.8 Å². The average molecular weight is 201 g/mol. The SMILES string of the molecule is COC(=O)N[C@@H]1C(=O)C(C)(C)OC1C. The van der Waals surface area contributed by atoms with Crippen LogP contribution in [-0.2, 0) is 14.3 Å². The van der Waals surface area contributed by atoms with E-state index < -0.39 is 17.7 Å². The molecule has 0 aromatic heterocycles. The molecule has 1 aliphatic heterocycles. The van der Waals surface area contributed by atoms with Crippen LogP contribution >= 0.6 is 0 Å². The third-order valence-electron chi connectivity index (χ3n) is 2.28. The Kier molecular flexibility index (Phi) is 2.80. The van der Waals surface area contributed by atoms with Crippen LogP contribution in [0.3, 0.4) is 0 Å². The quantitative estimate of drug-likeness (QED) is 0.670. The Labute approximate surface area is 82.8 Å². The highest BCUT2D eigenvalue weighted by atomic mass is 16.5. The van der Waals surface area contributed by atoms with Crippen LogP contribution in [0.5, 0.6) is 0 Å². The third-order valence-corrected chi connectivity index (χ3v) is 2.28. The van der Waals surface area contributed by atoms with Gasteiger partial charge in [-0.2, -0.15) is 0 Å². The minimum atomic E-state index is -0.828. The lowest BCUT2D eigenvalue weighted by Crippen LogP contribution is -2.45. The fourth-order valence-corrected chi connectivity index (χ4v) is 1.55. The van der Waals surface area contributed by atoms with Crippen LogP contribution in [-0.4, -0.2) is 36.7 Å². The second-order valence-electron chi connectivity index (χ2n) is 3.81. The third kappa shape index (κ3) is 1.87. The largest absolute Gasteiger partial charge is 0.453 e. The minimum Gasteiger partial charge on any atom is -0.453 e. The molecule has 1 amide bonds. The molecule has 1 fully saturated rings. The van der Waals surface area contributed by atoms with Gasteiger partial charge in [0.15, 0.2) is 5.78 Å². The van der Waals surface area contributed by atoms with Crippen molar-refractivity contribution in [3.05, 3.63) is 0 Å². The van der Waals surface area contributed by atoms with Crippen LogP contribution in [0.2, 0.25) is 0 Å². The topological polar surface area (TPSA) is 64.6 Å². The number of hydrogen-bond acceptors (Lipinski definition) is 4. The summed E-state index contributed by atoms with van der Waals surface area (Å²) in [5.74, 6) is -0.129. The molecule has 1 saturated heterocycles. The van der Waals surface area contributed by atoms with Crippen molar-refractivity contribution >= 4 is 11.9 Å². The predicted octanol–water partition coefficient (Wildman–Crippen LogP) is 0.477. The van der Waals surface area contributed by atoms with E-state index >= 15 is 0 Å². The number of ether oxygens (including phenoxy) is 2. The van der Waals surface area contributed by atoms with Gasteiger partial charge >= 0.3 is 6.09 Å². The first-order valence-electron chi connectivity index (χ1n) is 4.45. The molecule has 14 heavy (non-hydrogen) atoms. The summed E-state index contributed by atoms with van der Waals surface area (Å²) in [4.78, 5) is 22.6. The Morgan fingerprint density at radius 2 is 2.14 bits per heavy atom. The molecule has 5 nitrogen and oxygen atoms in total. The van der Waals surface area contributed by atoms with Crippen LogP contribution in [0.25, 0.3) is 0 Å². The van der Waals surface area contributed by atoms with E-state index in [-0.39, 0.29) is 11.9 Å². The van der Waals surface area contributed by atoms with Gasteiger partial charge in [-0.3, -0.25) is 4.79 Å². The highest BCUT2D eigenvalue weighted by Crippen LogP contribution is 2.26. The molecule has 1 heterocycles. The van der Waals surface area contributed by atoms with Crippen molar-refractivity contribution < 1.29 is 19.1 Å². The maximum atomic E-state index is 11.7. The summed E-state index contributed by atoms with van der Waals surface area (Å²) in [6.07, 6.45) is -0.937. The summed E-state index contributed by atoms with van der Waals surface area (Å²) >= 11 is 0. The second kappa shape index (κ2) is 3.57. The van der Waals surface area contributed by atoms with E-state index in [2.05, 4.69) is 10.1 Å². The molecule has 1 rings (SSSR count). The van der Waals surface area contributed by atoms with Crippen LogP contribution < -0.4 is 5.32 Å². The second-order valence-corrected chi connectivity index (χ2v) is 3.81. The van der Waals surface area contributed by atoms with Crippen LogP contribution in [0.4, 0.5) is 4.79 Å². The van der Waals surface area contributed by atoms with E-state index in [1.54, 1.807) is 20.8 Å². The van der Waals surface area contributed by atoms with Gasteiger partial charge in [-0.25, -0.2) is 4.79 Å². The molecule has 80 valence electrons. The molecule has 0 bridgehead atoms. The summed E-state index contributed by atoms with van der Waals surface area (Å²) in [6, 6.07) is -0.613. The van der Waals surface area contributed by atoms with Gasteiger partial charge in [0, 0.05) is 0 Å². The summed E-state index contributed by atoms with van der Waals surface area (Å²) in [5, 5.41) is 2.45. The van der Waals surface area contributed by atoms with Crippen LogP contribution in [0.15, 0.2) is 0 Å². The van der Waals surface area contributed by atoms with E-state index in [9.17, 15) is 9.59 Å². The zero-order valence-corrected chi connectivity index (χ0v) is 8.79. The fraction of sp³-hybridized carbons (Fsp3) is 0.778. The molecule has 5 heteroatoms. The van der Waals surface area contributed by atoms with E-state index in [0.29, 0.717) is 0 Å². The number of carbonyl (C=O) groups excluding carboxylic acids is 2. The number of ketones is 1. The van der Waals surface area contributed by atoms with E-state index in [0.717, 1.165) is 0 Å². The number of carbonyl (C=O) groups is 2. The van der Waals surface area contributed by atoms with Crippen LogP contribution in [0, 0.1) is 0 Å². The van der Waals surface area contributed by atoms with Crippen LogP contribution in [0.1, 0.15) is 20.8 Å². The number of nitrogens with one attached hydrogen (secondary N) is 1. The van der Waals surface area contributed by atoms with Gasteiger partial charge in [0.1, 0.15) is 11.6 Å². The molecule has 0 radical (unpaired) electrons. The fourth-order valence-electron chi connectivity index (χ4n) is 1.55. The Morgan fingerprint density at radius 1 is 1.57 bits per heavy atom. The number of hydrogen-bond donors (Lipinski definition) is 1. The van der Waals surface area contributed by atoms with Gasteiger partial charge in [0.05, 0.1) is 13.2 Å². The number of amides is 1. The number of Topliss-reactive ketones (excluding diaryl/α,β-unsaturated/α-hetero) is 1. The van der Waals surface area contributed by atoms with Crippen molar-refractivity contribution in [1.29, 1.82) is 0 Å². The summed E-state index contributed by atoms with van der Waals surface area (Å²) in [7, 11) is 1.26. The van der Waals surface area contributed by atoms with Gasteiger partial charge in [-0.1, -0.05) is 0 Å². The zero-order valence-electron chi connectivity index (χ0n) is 8.79. The molecule has 1 unspecified atom stereocenters. The van der Waals surface area contributed by atoms with Gasteiger partial charge < -0.3 is 14.8 Å². The monoisotopic (exact) mass is 201 g/mol. The molecule has 2 atom stereocenters. The van der Waals surface area contributed by atoms with E-state index in [1.807, 2.05) is 0 Å². The Morgan fingerprint density at radius 3 is 2.50 bits per heavy atom. The standard InChI is InChI=1S/C9H15NO4/c1-5-6(10-8(12)13-4)7(11)9(2,3)14-5/h5-6H,1-4H3,(H,10,12)/t5?,6-/m0/s1. The maximum absolute atomic E-state index is 11.7. The number of alkyl carbamates (subject to hydrolysis) is 1. The Hall–Kier alpha value is -1.10. The van der Waals surface area contributed by atoms with E-state index in [4.69, 9.17) is 4.74 Å². The Bertz CT molecular complexity index is 262. The molecule has 0 aromatic carbocycles. The predicted molar refractivity (Wildman–Crippen MR) is 49.0 cm³/mol. The van der Waals surface area contributed by atoms with Crippen molar-refractivity contribution in [2.75, 3.05) is 7.11 Å². The lowest BCUT2D eigenvalue weighted by atomic mass is 9.99. The molecule has 0 aliphatic carbocycles. The molecule has 0 saturated carbocycles. The lowest BCUT2D eigenvalue weighted by molar-refractivity contribution is -0.130. The molecule has 0 aromatic rings. The number of methoxy groups -OCH3 is 1. The smallest absolute Gasteiger partial charge is 0.407 e. The minimum absolute atomic E-state index is 0.129. The van der Waals surface area contributed by atoms with Crippen molar-refractivity contribution in [3.8, 4) is 0 Å². The van der Waals surface area contributed by atoms with Crippen molar-refractivity contribution in [1.82, 2.24) is 5.32 Å². The lowest BCUT2D eigenvalue weighted by Gasteiger charge is -2.14. The average Bonchev–Trinajstić information content (AvgIpc) is 2.28. The van der Waals surface area contributed by atoms with Gasteiger partial charge in [-0.15, -0.1) is 0 Å². The van der Waals surface area contributed by atoms with Crippen molar-refractivity contribution in [3.63, 3.8) is 0 Å².